The van der Waals surface area contributed by atoms with Crippen LogP contribution < -0.4 is 0 Å². The molecular formula is C2O2P+. The Bertz CT molecular complexity index is 99.6. The van der Waals surface area contributed by atoms with Gasteiger partial charge in [-0.3, -0.25) is 0 Å². The van der Waals surface area contributed by atoms with E-state index in [1.165, 1.54) is 11.3 Å². The van der Waals surface area contributed by atoms with Crippen LogP contribution in [0.2, 0.25) is 0 Å². The zero-order valence-electron chi connectivity index (χ0n) is 2.26. The van der Waals surface area contributed by atoms with E-state index in [1.807, 2.05) is 0 Å². The quantitative estimate of drug-likeness (QED) is 0.391. The first-order valence-corrected chi connectivity index (χ1v) is 1.75. The van der Waals surface area contributed by atoms with Gasteiger partial charge >= 0.3 is 28.7 Å². The van der Waals surface area contributed by atoms with Crippen molar-refractivity contribution in [2.45, 2.75) is 0 Å². The summed E-state index contributed by atoms with van der Waals surface area (Å²) in [5.41, 5.74) is 2.63. The van der Waals surface area contributed by atoms with Gasteiger partial charge in [0, 0.05) is 0 Å². The molecule has 0 fully saturated rings. The van der Waals surface area contributed by atoms with Gasteiger partial charge in [0.05, 0.1) is 0 Å². The fourth-order valence-electron chi connectivity index (χ4n) is 0.0186. The molecule has 3 heteroatoms. The molecule has 0 aliphatic rings. The maximum atomic E-state index is 9.01. The second kappa shape index (κ2) is 3.59. The number of hydrogen-bond acceptors (Lipinski definition) is 2. The average Bonchev–Trinajstić information content (AvgIpc) is 1.41. The molecule has 0 saturated carbocycles. The van der Waals surface area contributed by atoms with Crippen molar-refractivity contribution < 1.29 is 9.59 Å². The molecule has 0 spiro atoms. The van der Waals surface area contributed by atoms with Gasteiger partial charge in [-0.2, -0.15) is 0 Å². The van der Waals surface area contributed by atoms with Gasteiger partial charge < -0.3 is 0 Å². The van der Waals surface area contributed by atoms with Crippen molar-refractivity contribution in [3.05, 3.63) is 0 Å². The Labute approximate surface area is 29.9 Å². The normalized spacial score (nSPS) is 4.00. The molecule has 0 atom stereocenters. The summed E-state index contributed by atoms with van der Waals surface area (Å²) in [6, 6.07) is 0. The van der Waals surface area contributed by atoms with Crippen molar-refractivity contribution in [1.82, 2.24) is 0 Å². The third-order valence-corrected chi connectivity index (χ3v) is 0.274. The number of hydrogen-bond donors (Lipinski definition) is 0. The van der Waals surface area contributed by atoms with E-state index in [9.17, 15) is 0 Å². The van der Waals surface area contributed by atoms with Crippen molar-refractivity contribution in [1.29, 1.82) is 0 Å². The average molecular weight is 87.0 g/mol. The van der Waals surface area contributed by atoms with Crippen molar-refractivity contribution in [3.63, 3.8) is 0 Å². The third-order valence-electron chi connectivity index (χ3n) is 0.0913. The van der Waals surface area contributed by atoms with E-state index in [1.54, 1.807) is 0 Å². The number of carbonyl (C=O) groups excluding carboxylic acids is 2. The Hall–Kier alpha value is -0.410. The molecule has 0 rings (SSSR count). The molecule has 0 aliphatic carbocycles. The SMILES string of the molecule is O=C=[P+]=C=O. The molecule has 0 aromatic rings. The molecular weight excluding hydrogens is 87.0 g/mol. The van der Waals surface area contributed by atoms with Gasteiger partial charge in [0.1, 0.15) is 0 Å². The molecule has 0 N–H and O–H groups in total. The Balaban J connectivity index is 4.38. The summed E-state index contributed by atoms with van der Waals surface area (Å²) < 4.78 is 0. The maximum absolute atomic E-state index is 9.01. The molecule has 0 aromatic carbocycles. The van der Waals surface area contributed by atoms with Crippen LogP contribution in [0.5, 0.6) is 0 Å². The van der Waals surface area contributed by atoms with Gasteiger partial charge in [-0.05, 0) is 0 Å². The second-order valence-electron chi connectivity index (χ2n) is 0.294. The minimum absolute atomic E-state index is 0.0309. The first kappa shape index (κ1) is 4.59. The summed E-state index contributed by atoms with van der Waals surface area (Å²) >= 11 is 0. The van der Waals surface area contributed by atoms with Crippen LogP contribution in [0.25, 0.3) is 0 Å². The Morgan fingerprint density at radius 1 is 1.20 bits per heavy atom. The molecule has 0 aliphatic heterocycles. The number of rotatable bonds is 0. The zero-order chi connectivity index (χ0) is 4.12. The molecule has 0 saturated heterocycles. The van der Waals surface area contributed by atoms with Crippen molar-refractivity contribution in [3.8, 4) is 0 Å². The molecule has 24 valence electrons. The minimum atomic E-state index is -0.0309. The van der Waals surface area contributed by atoms with E-state index >= 15 is 0 Å². The monoisotopic (exact) mass is 87.0 g/mol. The van der Waals surface area contributed by atoms with Gasteiger partial charge in [0.2, 0.25) is 0 Å². The van der Waals surface area contributed by atoms with Crippen LogP contribution in [0.4, 0.5) is 0 Å². The second-order valence-corrected chi connectivity index (χ2v) is 0.883. The molecule has 0 unspecified atom stereocenters. The van der Waals surface area contributed by atoms with Crippen LogP contribution in [0.3, 0.4) is 0 Å². The van der Waals surface area contributed by atoms with Crippen LogP contribution in [0.15, 0.2) is 0 Å². The first-order chi connectivity index (χ1) is 2.41. The molecule has 0 radical (unpaired) electrons. The van der Waals surface area contributed by atoms with Crippen molar-refractivity contribution >= 4 is 19.2 Å². The molecule has 0 bridgehead atoms. The summed E-state index contributed by atoms with van der Waals surface area (Å²) in [5.74, 6) is 0. The van der Waals surface area contributed by atoms with E-state index in [0.717, 1.165) is 0 Å². The molecule has 5 heavy (non-hydrogen) atoms. The Kier molecular flexibility index (Phi) is 3.30. The van der Waals surface area contributed by atoms with E-state index in [0.29, 0.717) is 0 Å². The Morgan fingerprint density at radius 2 is 1.60 bits per heavy atom. The fourth-order valence-corrected chi connectivity index (χ4v) is 0.0559. The van der Waals surface area contributed by atoms with Crippen LogP contribution in [-0.2, 0) is 9.59 Å². The van der Waals surface area contributed by atoms with Crippen molar-refractivity contribution in [2.24, 2.45) is 0 Å². The summed E-state index contributed by atoms with van der Waals surface area (Å²) in [6.45, 7) is 0. The predicted octanol–water partition coefficient (Wildman–Crippen LogP) is 0.0670. The Morgan fingerprint density at radius 3 is 1.60 bits per heavy atom. The summed E-state index contributed by atoms with van der Waals surface area (Å²) in [5, 5.41) is 0. The summed E-state index contributed by atoms with van der Waals surface area (Å²) in [6.07, 6.45) is 0. The van der Waals surface area contributed by atoms with Gasteiger partial charge in [-0.25, -0.2) is 0 Å². The first-order valence-electron chi connectivity index (χ1n) is 0.855. The van der Waals surface area contributed by atoms with Gasteiger partial charge in [-0.15, -0.1) is 0 Å². The van der Waals surface area contributed by atoms with E-state index in [2.05, 4.69) is 0 Å². The van der Waals surface area contributed by atoms with Crippen LogP contribution in [0, 0.1) is 0 Å². The standard InChI is InChI=1S/C2O2P/c3-1-5-2-4/q+1. The zero-order valence-corrected chi connectivity index (χ0v) is 3.16. The summed E-state index contributed by atoms with van der Waals surface area (Å²) in [7, 11) is -0.0309. The van der Waals surface area contributed by atoms with Crippen LogP contribution in [0.1, 0.15) is 0 Å². The van der Waals surface area contributed by atoms with Crippen LogP contribution in [-0.4, -0.2) is 11.3 Å². The topological polar surface area (TPSA) is 34.1 Å². The van der Waals surface area contributed by atoms with E-state index in [4.69, 9.17) is 9.59 Å². The van der Waals surface area contributed by atoms with Crippen molar-refractivity contribution in [2.75, 3.05) is 0 Å². The van der Waals surface area contributed by atoms with Gasteiger partial charge in [0.15, 0.2) is 0 Å². The predicted molar refractivity (Wildman–Crippen MR) is 18.3 cm³/mol. The molecule has 0 amide bonds. The third kappa shape index (κ3) is 3.59. The van der Waals surface area contributed by atoms with Crippen LogP contribution >= 0.6 is 7.83 Å². The van der Waals surface area contributed by atoms with E-state index in [-0.39, 0.29) is 7.83 Å². The van der Waals surface area contributed by atoms with Gasteiger partial charge in [-0.1, -0.05) is 0 Å². The molecule has 0 heterocycles. The molecule has 0 aromatic heterocycles. The van der Waals surface area contributed by atoms with Gasteiger partial charge in [0.25, 0.3) is 0 Å². The fraction of sp³-hybridized carbons (Fsp3) is 0. The van der Waals surface area contributed by atoms with E-state index < -0.39 is 0 Å². The summed E-state index contributed by atoms with van der Waals surface area (Å²) in [4.78, 5) is 18.0. The molecule has 2 nitrogen and oxygen atoms in total.